The van der Waals surface area contributed by atoms with Crippen LogP contribution in [0.25, 0.3) is 0 Å². The first-order chi connectivity index (χ1) is 10.1. The number of amides is 1. The molecular weight excluding hydrogens is 302 g/mol. The number of nitrogens with one attached hydrogen (secondary N) is 2. The highest BCUT2D eigenvalue weighted by atomic mass is 35.5. The van der Waals surface area contributed by atoms with Gasteiger partial charge in [0.15, 0.2) is 5.89 Å². The Bertz CT molecular complexity index is 669. The number of fused-ring (bicyclic) bond motifs is 1. The molecule has 0 saturated heterocycles. The van der Waals surface area contributed by atoms with E-state index in [1.165, 1.54) is 11.1 Å². The van der Waals surface area contributed by atoms with Crippen molar-refractivity contribution in [2.24, 2.45) is 0 Å². The Hall–Kier alpha value is -1.85. The van der Waals surface area contributed by atoms with Crippen molar-refractivity contribution in [3.8, 4) is 0 Å². The quantitative estimate of drug-likeness (QED) is 0.910. The molecule has 1 aromatic carbocycles. The number of halogens is 1. The molecule has 1 amide bonds. The normalized spacial score (nSPS) is 16.5. The number of carbonyl (C=O) groups is 1. The van der Waals surface area contributed by atoms with Crippen LogP contribution >= 0.6 is 12.4 Å². The van der Waals surface area contributed by atoms with Crippen LogP contribution < -0.4 is 10.6 Å². The number of oxazole rings is 1. The Labute approximate surface area is 135 Å². The highest BCUT2D eigenvalue weighted by Gasteiger charge is 2.21. The molecule has 1 aliphatic heterocycles. The van der Waals surface area contributed by atoms with Crippen LogP contribution in [0.4, 0.5) is 0 Å². The van der Waals surface area contributed by atoms with Gasteiger partial charge < -0.3 is 15.1 Å². The first-order valence-corrected chi connectivity index (χ1v) is 7.18. The lowest BCUT2D eigenvalue weighted by atomic mass is 9.94. The van der Waals surface area contributed by atoms with Crippen molar-refractivity contribution in [3.05, 3.63) is 52.7 Å². The lowest BCUT2D eigenvalue weighted by Crippen LogP contribution is -2.38. The van der Waals surface area contributed by atoms with Gasteiger partial charge in [0.25, 0.3) is 5.91 Å². The molecule has 2 heterocycles. The molecule has 0 bridgehead atoms. The number of hydrogen-bond acceptors (Lipinski definition) is 4. The molecule has 1 aromatic heterocycles. The van der Waals surface area contributed by atoms with E-state index in [9.17, 15) is 4.79 Å². The molecule has 22 heavy (non-hydrogen) atoms. The summed E-state index contributed by atoms with van der Waals surface area (Å²) in [6.45, 7) is 4.98. The van der Waals surface area contributed by atoms with Crippen LogP contribution in [-0.4, -0.2) is 24.0 Å². The van der Waals surface area contributed by atoms with Crippen molar-refractivity contribution in [1.82, 2.24) is 15.6 Å². The van der Waals surface area contributed by atoms with E-state index in [4.69, 9.17) is 4.42 Å². The topological polar surface area (TPSA) is 67.2 Å². The molecule has 0 aliphatic carbocycles. The van der Waals surface area contributed by atoms with Crippen molar-refractivity contribution >= 4 is 18.3 Å². The number of aromatic nitrogens is 1. The first-order valence-electron chi connectivity index (χ1n) is 7.18. The molecule has 5 nitrogen and oxygen atoms in total. The van der Waals surface area contributed by atoms with E-state index >= 15 is 0 Å². The van der Waals surface area contributed by atoms with Gasteiger partial charge in [0.05, 0.1) is 5.69 Å². The summed E-state index contributed by atoms with van der Waals surface area (Å²) in [6.07, 6.45) is 1.03. The zero-order valence-corrected chi connectivity index (χ0v) is 13.5. The standard InChI is InChI=1S/C16H19N3O2.ClH/c1-10-15(21-11(2)19-10)16(20)18-9-14-13-6-4-3-5-12(13)7-8-17-14;/h3-6,14,17H,7-9H2,1-2H3,(H,18,20);1H. The molecule has 1 atom stereocenters. The summed E-state index contributed by atoms with van der Waals surface area (Å²) in [6, 6.07) is 8.49. The molecule has 1 aliphatic rings. The zero-order valence-electron chi connectivity index (χ0n) is 12.7. The van der Waals surface area contributed by atoms with Crippen LogP contribution in [0, 0.1) is 13.8 Å². The SMILES string of the molecule is Cc1nc(C)c(C(=O)NCC2NCCc3ccccc32)o1.Cl. The molecule has 118 valence electrons. The minimum absolute atomic E-state index is 0. The Morgan fingerprint density at radius 2 is 2.18 bits per heavy atom. The van der Waals surface area contributed by atoms with Gasteiger partial charge in [0, 0.05) is 19.5 Å². The van der Waals surface area contributed by atoms with Crippen molar-refractivity contribution in [2.45, 2.75) is 26.3 Å². The molecular formula is C16H20ClN3O2. The number of hydrogen-bond donors (Lipinski definition) is 2. The maximum atomic E-state index is 12.2. The summed E-state index contributed by atoms with van der Waals surface area (Å²) < 4.78 is 5.34. The second-order valence-corrected chi connectivity index (χ2v) is 5.31. The number of nitrogens with zero attached hydrogens (tertiary/aromatic N) is 1. The Balaban J connectivity index is 0.00000176. The summed E-state index contributed by atoms with van der Waals surface area (Å²) in [5.41, 5.74) is 3.23. The van der Waals surface area contributed by atoms with Gasteiger partial charge in [-0.2, -0.15) is 0 Å². The second kappa shape index (κ2) is 6.94. The van der Waals surface area contributed by atoms with E-state index in [-0.39, 0.29) is 24.4 Å². The minimum Gasteiger partial charge on any atom is -0.436 e. The third kappa shape index (κ3) is 3.31. The third-order valence-corrected chi connectivity index (χ3v) is 3.79. The molecule has 2 aromatic rings. The van der Waals surface area contributed by atoms with Crippen LogP contribution in [0.5, 0.6) is 0 Å². The lowest BCUT2D eigenvalue weighted by Gasteiger charge is -2.27. The molecule has 0 fully saturated rings. The zero-order chi connectivity index (χ0) is 14.8. The van der Waals surface area contributed by atoms with E-state index in [2.05, 4.69) is 33.8 Å². The Morgan fingerprint density at radius 1 is 1.41 bits per heavy atom. The average Bonchev–Trinajstić information content (AvgIpc) is 2.83. The average molecular weight is 322 g/mol. The predicted molar refractivity (Wildman–Crippen MR) is 86.4 cm³/mol. The fourth-order valence-corrected chi connectivity index (χ4v) is 2.79. The molecule has 0 spiro atoms. The van der Waals surface area contributed by atoms with E-state index in [1.54, 1.807) is 13.8 Å². The van der Waals surface area contributed by atoms with E-state index < -0.39 is 0 Å². The minimum atomic E-state index is -0.210. The molecule has 3 rings (SSSR count). The summed E-state index contributed by atoms with van der Waals surface area (Å²) in [7, 11) is 0. The van der Waals surface area contributed by atoms with Crippen LogP contribution in [0.3, 0.4) is 0 Å². The summed E-state index contributed by atoms with van der Waals surface area (Å²) in [5, 5.41) is 6.37. The van der Waals surface area contributed by atoms with Crippen molar-refractivity contribution < 1.29 is 9.21 Å². The van der Waals surface area contributed by atoms with Gasteiger partial charge in [0.1, 0.15) is 0 Å². The fraction of sp³-hybridized carbons (Fsp3) is 0.375. The van der Waals surface area contributed by atoms with Gasteiger partial charge >= 0.3 is 0 Å². The van der Waals surface area contributed by atoms with Gasteiger partial charge in [-0.3, -0.25) is 4.79 Å². The summed E-state index contributed by atoms with van der Waals surface area (Å²) in [5.74, 6) is 0.605. The van der Waals surface area contributed by atoms with Crippen LogP contribution in [0.1, 0.15) is 39.3 Å². The fourth-order valence-electron chi connectivity index (χ4n) is 2.79. The molecule has 2 N–H and O–H groups in total. The maximum Gasteiger partial charge on any atom is 0.289 e. The molecule has 6 heteroatoms. The third-order valence-electron chi connectivity index (χ3n) is 3.79. The Morgan fingerprint density at radius 3 is 2.91 bits per heavy atom. The molecule has 0 saturated carbocycles. The van der Waals surface area contributed by atoms with Crippen LogP contribution in [0.15, 0.2) is 28.7 Å². The van der Waals surface area contributed by atoms with Gasteiger partial charge in [0.2, 0.25) is 5.76 Å². The van der Waals surface area contributed by atoms with Crippen molar-refractivity contribution in [3.63, 3.8) is 0 Å². The highest BCUT2D eigenvalue weighted by molar-refractivity contribution is 5.92. The van der Waals surface area contributed by atoms with E-state index in [1.807, 2.05) is 6.07 Å². The lowest BCUT2D eigenvalue weighted by molar-refractivity contribution is 0.0919. The number of carbonyl (C=O) groups excluding carboxylic acids is 1. The van der Waals surface area contributed by atoms with Crippen LogP contribution in [-0.2, 0) is 6.42 Å². The molecule has 1 unspecified atom stereocenters. The number of rotatable bonds is 3. The first kappa shape index (κ1) is 16.5. The van der Waals surface area contributed by atoms with Gasteiger partial charge in [-0.05, 0) is 31.0 Å². The maximum absolute atomic E-state index is 12.2. The summed E-state index contributed by atoms with van der Waals surface area (Å²) in [4.78, 5) is 16.3. The van der Waals surface area contributed by atoms with E-state index in [0.29, 0.717) is 23.9 Å². The number of aryl methyl sites for hydroxylation is 2. The second-order valence-electron chi connectivity index (χ2n) is 5.31. The van der Waals surface area contributed by atoms with Crippen molar-refractivity contribution in [2.75, 3.05) is 13.1 Å². The van der Waals surface area contributed by atoms with Crippen LogP contribution in [0.2, 0.25) is 0 Å². The van der Waals surface area contributed by atoms with E-state index in [0.717, 1.165) is 13.0 Å². The highest BCUT2D eigenvalue weighted by Crippen LogP contribution is 2.22. The van der Waals surface area contributed by atoms with Crippen molar-refractivity contribution in [1.29, 1.82) is 0 Å². The number of benzene rings is 1. The summed E-state index contributed by atoms with van der Waals surface area (Å²) >= 11 is 0. The smallest absolute Gasteiger partial charge is 0.289 e. The predicted octanol–water partition coefficient (Wildman–Crippen LogP) is 2.33. The monoisotopic (exact) mass is 321 g/mol. The molecule has 0 radical (unpaired) electrons. The van der Waals surface area contributed by atoms with Gasteiger partial charge in [-0.1, -0.05) is 24.3 Å². The largest absolute Gasteiger partial charge is 0.436 e. The van der Waals surface area contributed by atoms with Gasteiger partial charge in [-0.15, -0.1) is 12.4 Å². The Kier molecular flexibility index (Phi) is 5.21. The van der Waals surface area contributed by atoms with Gasteiger partial charge in [-0.25, -0.2) is 4.98 Å².